The van der Waals surface area contributed by atoms with E-state index in [9.17, 15) is 9.59 Å². The van der Waals surface area contributed by atoms with Crippen LogP contribution in [0.1, 0.15) is 15.9 Å². The molecule has 1 saturated heterocycles. The second-order valence-corrected chi connectivity index (χ2v) is 6.14. The second kappa shape index (κ2) is 9.12. The molecule has 0 aromatic heterocycles. The number of amides is 2. The van der Waals surface area contributed by atoms with Crippen LogP contribution < -0.4 is 16.0 Å². The molecule has 3 N–H and O–H groups in total. The number of carbonyl (C=O) groups is 2. The van der Waals surface area contributed by atoms with E-state index in [4.69, 9.17) is 4.74 Å². The SMILES string of the molecule is O=C(NCCc1ccccc1)c1ccc(NC(=O)C2COCCN2)cc1. The topological polar surface area (TPSA) is 79.5 Å². The van der Waals surface area contributed by atoms with Crippen molar-refractivity contribution < 1.29 is 14.3 Å². The molecule has 1 fully saturated rings. The maximum atomic E-state index is 12.2. The van der Waals surface area contributed by atoms with Crippen molar-refractivity contribution in [2.75, 3.05) is 31.6 Å². The molecule has 136 valence electrons. The fraction of sp³-hybridized carbons (Fsp3) is 0.300. The average molecular weight is 353 g/mol. The van der Waals surface area contributed by atoms with Crippen molar-refractivity contribution in [1.82, 2.24) is 10.6 Å². The molecule has 1 heterocycles. The lowest BCUT2D eigenvalue weighted by molar-refractivity contribution is -0.120. The Balaban J connectivity index is 1.47. The van der Waals surface area contributed by atoms with Gasteiger partial charge in [-0.1, -0.05) is 30.3 Å². The highest BCUT2D eigenvalue weighted by atomic mass is 16.5. The molecule has 2 amide bonds. The highest BCUT2D eigenvalue weighted by Crippen LogP contribution is 2.10. The van der Waals surface area contributed by atoms with E-state index in [1.165, 1.54) is 5.56 Å². The minimum absolute atomic E-state index is 0.124. The maximum Gasteiger partial charge on any atom is 0.251 e. The van der Waals surface area contributed by atoms with Gasteiger partial charge in [0, 0.05) is 24.3 Å². The molecule has 0 bridgehead atoms. The zero-order chi connectivity index (χ0) is 18.2. The zero-order valence-corrected chi connectivity index (χ0v) is 14.5. The van der Waals surface area contributed by atoms with Gasteiger partial charge < -0.3 is 20.7 Å². The first-order valence-corrected chi connectivity index (χ1v) is 8.76. The molecule has 1 aliphatic heterocycles. The molecule has 26 heavy (non-hydrogen) atoms. The van der Waals surface area contributed by atoms with Crippen LogP contribution in [0.3, 0.4) is 0 Å². The summed E-state index contributed by atoms with van der Waals surface area (Å²) < 4.78 is 5.28. The van der Waals surface area contributed by atoms with Gasteiger partial charge in [0.1, 0.15) is 6.04 Å². The van der Waals surface area contributed by atoms with E-state index >= 15 is 0 Å². The minimum atomic E-state index is -0.343. The Morgan fingerprint density at radius 1 is 1.08 bits per heavy atom. The molecule has 1 aliphatic rings. The van der Waals surface area contributed by atoms with Gasteiger partial charge in [0.25, 0.3) is 5.91 Å². The predicted octanol–water partition coefficient (Wildman–Crippen LogP) is 1.59. The summed E-state index contributed by atoms with van der Waals surface area (Å²) >= 11 is 0. The van der Waals surface area contributed by atoms with Crippen molar-refractivity contribution in [1.29, 1.82) is 0 Å². The standard InChI is InChI=1S/C20H23N3O3/c24-19(22-11-10-15-4-2-1-3-5-15)16-6-8-17(9-7-16)23-20(25)18-14-26-13-12-21-18/h1-9,18,21H,10-14H2,(H,22,24)(H,23,25). The van der Waals surface area contributed by atoms with Crippen LogP contribution in [-0.2, 0) is 16.0 Å². The van der Waals surface area contributed by atoms with Crippen molar-refractivity contribution in [3.05, 3.63) is 65.7 Å². The summed E-state index contributed by atoms with van der Waals surface area (Å²) in [7, 11) is 0. The Morgan fingerprint density at radius 2 is 1.85 bits per heavy atom. The number of carbonyl (C=O) groups excluding carboxylic acids is 2. The molecule has 1 atom stereocenters. The molecule has 0 saturated carbocycles. The van der Waals surface area contributed by atoms with Crippen LogP contribution in [0.4, 0.5) is 5.69 Å². The molecule has 1 unspecified atom stereocenters. The van der Waals surface area contributed by atoms with Gasteiger partial charge in [-0.2, -0.15) is 0 Å². The molecule has 2 aromatic carbocycles. The highest BCUT2D eigenvalue weighted by molar-refractivity contribution is 5.97. The second-order valence-electron chi connectivity index (χ2n) is 6.14. The number of ether oxygens (including phenoxy) is 1. The third-order valence-electron chi connectivity index (χ3n) is 4.19. The lowest BCUT2D eigenvalue weighted by atomic mass is 10.1. The van der Waals surface area contributed by atoms with Gasteiger partial charge in [-0.25, -0.2) is 0 Å². The minimum Gasteiger partial charge on any atom is -0.378 e. The fourth-order valence-corrected chi connectivity index (χ4v) is 2.74. The van der Waals surface area contributed by atoms with Crippen molar-refractivity contribution in [3.8, 4) is 0 Å². The quantitative estimate of drug-likeness (QED) is 0.737. The van der Waals surface area contributed by atoms with Crippen molar-refractivity contribution in [2.45, 2.75) is 12.5 Å². The Bertz CT molecular complexity index is 726. The summed E-state index contributed by atoms with van der Waals surface area (Å²) in [5.74, 6) is -0.258. The van der Waals surface area contributed by atoms with E-state index in [0.717, 1.165) is 6.42 Å². The van der Waals surface area contributed by atoms with Crippen LogP contribution in [0.25, 0.3) is 0 Å². The Morgan fingerprint density at radius 3 is 2.54 bits per heavy atom. The lowest BCUT2D eigenvalue weighted by Gasteiger charge is -2.22. The van der Waals surface area contributed by atoms with Gasteiger partial charge in [0.05, 0.1) is 13.2 Å². The lowest BCUT2D eigenvalue weighted by Crippen LogP contribution is -2.48. The monoisotopic (exact) mass is 353 g/mol. The molecule has 2 aromatic rings. The van der Waals surface area contributed by atoms with E-state index in [1.807, 2.05) is 30.3 Å². The van der Waals surface area contributed by atoms with E-state index in [-0.39, 0.29) is 17.9 Å². The number of anilines is 1. The highest BCUT2D eigenvalue weighted by Gasteiger charge is 2.21. The molecule has 0 radical (unpaired) electrons. The Hall–Kier alpha value is -2.70. The number of hydrogen-bond donors (Lipinski definition) is 3. The number of hydrogen-bond acceptors (Lipinski definition) is 4. The maximum absolute atomic E-state index is 12.2. The first-order chi connectivity index (χ1) is 12.7. The summed E-state index contributed by atoms with van der Waals surface area (Å²) in [6.07, 6.45) is 0.789. The van der Waals surface area contributed by atoms with Crippen molar-refractivity contribution in [3.63, 3.8) is 0 Å². The van der Waals surface area contributed by atoms with Gasteiger partial charge >= 0.3 is 0 Å². The predicted molar refractivity (Wildman–Crippen MR) is 100 cm³/mol. The molecule has 0 aliphatic carbocycles. The zero-order valence-electron chi connectivity index (χ0n) is 14.5. The van der Waals surface area contributed by atoms with Gasteiger partial charge in [-0.3, -0.25) is 9.59 Å². The van der Waals surface area contributed by atoms with Crippen LogP contribution in [0, 0.1) is 0 Å². The first-order valence-electron chi connectivity index (χ1n) is 8.76. The van der Waals surface area contributed by atoms with Crippen LogP contribution in [0.5, 0.6) is 0 Å². The molecule has 3 rings (SSSR count). The van der Waals surface area contributed by atoms with E-state index in [2.05, 4.69) is 16.0 Å². The number of benzene rings is 2. The summed E-state index contributed by atoms with van der Waals surface area (Å²) in [6, 6.07) is 16.5. The Labute approximate surface area is 152 Å². The summed E-state index contributed by atoms with van der Waals surface area (Å²) in [5.41, 5.74) is 2.41. The van der Waals surface area contributed by atoms with Gasteiger partial charge in [-0.15, -0.1) is 0 Å². The van der Waals surface area contributed by atoms with E-state index in [0.29, 0.717) is 37.6 Å². The fourth-order valence-electron chi connectivity index (χ4n) is 2.74. The van der Waals surface area contributed by atoms with Crippen LogP contribution in [-0.4, -0.2) is 44.2 Å². The number of rotatable bonds is 6. The van der Waals surface area contributed by atoms with Crippen LogP contribution in [0.2, 0.25) is 0 Å². The average Bonchev–Trinajstić information content (AvgIpc) is 2.70. The smallest absolute Gasteiger partial charge is 0.251 e. The van der Waals surface area contributed by atoms with Crippen LogP contribution >= 0.6 is 0 Å². The van der Waals surface area contributed by atoms with Gasteiger partial charge in [-0.05, 0) is 36.2 Å². The number of morpholine rings is 1. The third kappa shape index (κ3) is 5.15. The van der Waals surface area contributed by atoms with Crippen molar-refractivity contribution >= 4 is 17.5 Å². The molecule has 6 nitrogen and oxygen atoms in total. The largest absolute Gasteiger partial charge is 0.378 e. The molecule has 6 heteroatoms. The number of nitrogens with one attached hydrogen (secondary N) is 3. The third-order valence-corrected chi connectivity index (χ3v) is 4.19. The molecular weight excluding hydrogens is 330 g/mol. The summed E-state index contributed by atoms with van der Waals surface area (Å²) in [4.78, 5) is 24.3. The summed E-state index contributed by atoms with van der Waals surface area (Å²) in [5, 5.41) is 8.84. The van der Waals surface area contributed by atoms with E-state index in [1.54, 1.807) is 24.3 Å². The Kier molecular flexibility index (Phi) is 6.35. The van der Waals surface area contributed by atoms with E-state index < -0.39 is 0 Å². The van der Waals surface area contributed by atoms with Crippen LogP contribution in [0.15, 0.2) is 54.6 Å². The summed E-state index contributed by atoms with van der Waals surface area (Å²) in [6.45, 7) is 2.24. The normalized spacial score (nSPS) is 16.7. The van der Waals surface area contributed by atoms with Crippen molar-refractivity contribution in [2.24, 2.45) is 0 Å². The van der Waals surface area contributed by atoms with Gasteiger partial charge in [0.15, 0.2) is 0 Å². The molecule has 0 spiro atoms. The van der Waals surface area contributed by atoms with Gasteiger partial charge in [0.2, 0.25) is 5.91 Å². The first kappa shape index (κ1) is 18.1. The molecular formula is C20H23N3O3.